The van der Waals surface area contributed by atoms with Crippen molar-refractivity contribution in [1.82, 2.24) is 9.47 Å². The normalized spacial score (nSPS) is 15.8. The summed E-state index contributed by atoms with van der Waals surface area (Å²) < 4.78 is 1.92. The Hall–Kier alpha value is -3.35. The summed E-state index contributed by atoms with van der Waals surface area (Å²) >= 11 is 12.4. The van der Waals surface area contributed by atoms with Crippen molar-refractivity contribution >= 4 is 52.8 Å². The number of urea groups is 1. The first-order valence-electron chi connectivity index (χ1n) is 9.78. The van der Waals surface area contributed by atoms with E-state index in [0.717, 1.165) is 26.9 Å². The van der Waals surface area contributed by atoms with E-state index in [4.69, 9.17) is 23.2 Å². The maximum absolute atomic E-state index is 13.2. The number of rotatable bonds is 3. The van der Waals surface area contributed by atoms with Crippen LogP contribution in [0.4, 0.5) is 10.5 Å². The molecule has 0 unspecified atom stereocenters. The highest BCUT2D eigenvalue weighted by molar-refractivity contribution is 6.39. The Morgan fingerprint density at radius 3 is 2.22 bits per heavy atom. The van der Waals surface area contributed by atoms with Crippen LogP contribution in [0.3, 0.4) is 0 Å². The molecule has 0 aliphatic carbocycles. The number of likely N-dealkylation sites (N-methyl/N-ethyl adjacent to an activating group) is 1. The van der Waals surface area contributed by atoms with Gasteiger partial charge in [-0.3, -0.25) is 14.5 Å². The fourth-order valence-corrected chi connectivity index (χ4v) is 4.26. The molecule has 2 heterocycles. The SMILES string of the molecule is Cc1cc(/C=C2\C(=O)N(C)C(=O)N(c3ccccc3)C2=O)c(C)n1-c1ccc(Cl)cc1Cl. The van der Waals surface area contributed by atoms with Gasteiger partial charge in [-0.1, -0.05) is 41.4 Å². The second-order valence-electron chi connectivity index (χ2n) is 7.44. The zero-order valence-electron chi connectivity index (χ0n) is 17.6. The van der Waals surface area contributed by atoms with Crippen LogP contribution < -0.4 is 4.90 Å². The van der Waals surface area contributed by atoms with Gasteiger partial charge in [0, 0.05) is 23.5 Å². The summed E-state index contributed by atoms with van der Waals surface area (Å²) in [5.74, 6) is -1.32. The average Bonchev–Trinajstić information content (AvgIpc) is 3.04. The number of aryl methyl sites for hydroxylation is 1. The van der Waals surface area contributed by atoms with E-state index in [1.165, 1.54) is 13.1 Å². The first-order chi connectivity index (χ1) is 15.2. The topological polar surface area (TPSA) is 62.6 Å². The van der Waals surface area contributed by atoms with Crippen LogP contribution in [-0.2, 0) is 9.59 Å². The molecule has 1 aliphatic rings. The number of hydrogen-bond donors (Lipinski definition) is 0. The first-order valence-corrected chi connectivity index (χ1v) is 10.5. The van der Waals surface area contributed by atoms with Crippen LogP contribution in [0.25, 0.3) is 11.8 Å². The fourth-order valence-electron chi connectivity index (χ4n) is 3.77. The van der Waals surface area contributed by atoms with Crippen LogP contribution in [0.15, 0.2) is 60.2 Å². The lowest BCUT2D eigenvalue weighted by atomic mass is 10.1. The van der Waals surface area contributed by atoms with E-state index in [9.17, 15) is 14.4 Å². The number of imide groups is 2. The second kappa shape index (κ2) is 8.30. The van der Waals surface area contributed by atoms with E-state index in [-0.39, 0.29) is 5.57 Å². The maximum atomic E-state index is 13.2. The van der Waals surface area contributed by atoms with Crippen LogP contribution >= 0.6 is 23.2 Å². The molecule has 1 aromatic heterocycles. The Morgan fingerprint density at radius 1 is 0.875 bits per heavy atom. The van der Waals surface area contributed by atoms with Gasteiger partial charge in [-0.25, -0.2) is 9.69 Å². The number of benzene rings is 2. The van der Waals surface area contributed by atoms with Crippen molar-refractivity contribution in [3.63, 3.8) is 0 Å². The monoisotopic (exact) mass is 467 g/mol. The Kier molecular flexibility index (Phi) is 5.67. The quantitative estimate of drug-likeness (QED) is 0.382. The summed E-state index contributed by atoms with van der Waals surface area (Å²) in [6.45, 7) is 3.77. The molecule has 0 N–H and O–H groups in total. The van der Waals surface area contributed by atoms with Crippen molar-refractivity contribution in [3.05, 3.63) is 87.2 Å². The number of halogens is 2. The zero-order chi connectivity index (χ0) is 23.2. The van der Waals surface area contributed by atoms with Crippen molar-refractivity contribution in [2.45, 2.75) is 13.8 Å². The lowest BCUT2D eigenvalue weighted by molar-refractivity contribution is -0.128. The highest BCUT2D eigenvalue weighted by Gasteiger charge is 2.41. The summed E-state index contributed by atoms with van der Waals surface area (Å²) in [5.41, 5.74) is 3.34. The third-order valence-electron chi connectivity index (χ3n) is 5.38. The van der Waals surface area contributed by atoms with E-state index in [1.807, 2.05) is 30.5 Å². The van der Waals surface area contributed by atoms with Gasteiger partial charge in [-0.05, 0) is 61.9 Å². The molecule has 1 aliphatic heterocycles. The van der Waals surface area contributed by atoms with Gasteiger partial charge in [-0.15, -0.1) is 0 Å². The minimum absolute atomic E-state index is 0.0987. The highest BCUT2D eigenvalue weighted by Crippen LogP contribution is 2.31. The molecular formula is C24H19Cl2N3O3. The molecule has 1 fully saturated rings. The molecule has 0 saturated carbocycles. The molecule has 0 spiro atoms. The third kappa shape index (κ3) is 3.61. The molecule has 0 bridgehead atoms. The molecule has 1 saturated heterocycles. The van der Waals surface area contributed by atoms with Gasteiger partial charge in [0.25, 0.3) is 11.8 Å². The van der Waals surface area contributed by atoms with Crippen molar-refractivity contribution in [1.29, 1.82) is 0 Å². The summed E-state index contributed by atoms with van der Waals surface area (Å²) in [7, 11) is 1.36. The number of para-hydroxylation sites is 1. The Labute approximate surface area is 195 Å². The van der Waals surface area contributed by atoms with E-state index < -0.39 is 17.8 Å². The molecule has 6 nitrogen and oxygen atoms in total. The predicted octanol–water partition coefficient (Wildman–Crippen LogP) is 5.41. The number of amides is 4. The smallest absolute Gasteiger partial charge is 0.316 e. The largest absolute Gasteiger partial charge is 0.338 e. The van der Waals surface area contributed by atoms with Crippen LogP contribution in [0.5, 0.6) is 0 Å². The van der Waals surface area contributed by atoms with E-state index in [0.29, 0.717) is 21.3 Å². The molecule has 0 radical (unpaired) electrons. The van der Waals surface area contributed by atoms with Crippen LogP contribution in [0, 0.1) is 13.8 Å². The van der Waals surface area contributed by atoms with Crippen LogP contribution in [0.1, 0.15) is 17.0 Å². The number of hydrogen-bond acceptors (Lipinski definition) is 3. The lowest BCUT2D eigenvalue weighted by Gasteiger charge is -2.31. The first kappa shape index (κ1) is 21.9. The van der Waals surface area contributed by atoms with Crippen molar-refractivity contribution < 1.29 is 14.4 Å². The molecule has 8 heteroatoms. The van der Waals surface area contributed by atoms with Gasteiger partial charge < -0.3 is 4.57 Å². The second-order valence-corrected chi connectivity index (χ2v) is 8.28. The number of carbonyl (C=O) groups is 3. The molecular weight excluding hydrogens is 449 g/mol. The van der Waals surface area contributed by atoms with Crippen LogP contribution in [0.2, 0.25) is 10.0 Å². The lowest BCUT2D eigenvalue weighted by Crippen LogP contribution is -2.55. The number of nitrogens with zero attached hydrogens (tertiary/aromatic N) is 3. The van der Waals surface area contributed by atoms with E-state index >= 15 is 0 Å². The minimum Gasteiger partial charge on any atom is -0.316 e. The van der Waals surface area contributed by atoms with Gasteiger partial charge in [-0.2, -0.15) is 0 Å². The molecule has 32 heavy (non-hydrogen) atoms. The molecule has 162 valence electrons. The Morgan fingerprint density at radius 2 is 1.56 bits per heavy atom. The molecule has 4 rings (SSSR count). The van der Waals surface area contributed by atoms with E-state index in [1.54, 1.807) is 42.5 Å². The Bertz CT molecular complexity index is 1300. The van der Waals surface area contributed by atoms with Crippen molar-refractivity contribution in [2.24, 2.45) is 0 Å². The summed E-state index contributed by atoms with van der Waals surface area (Å²) in [6, 6.07) is 14.9. The molecule has 4 amide bonds. The minimum atomic E-state index is -0.693. The van der Waals surface area contributed by atoms with E-state index in [2.05, 4.69) is 0 Å². The zero-order valence-corrected chi connectivity index (χ0v) is 19.1. The van der Waals surface area contributed by atoms with Gasteiger partial charge in [0.1, 0.15) is 5.57 Å². The molecule has 0 atom stereocenters. The number of anilines is 1. The van der Waals surface area contributed by atoms with Gasteiger partial charge in [0.15, 0.2) is 0 Å². The van der Waals surface area contributed by atoms with Gasteiger partial charge in [0.05, 0.1) is 16.4 Å². The number of carbonyl (C=O) groups excluding carboxylic acids is 3. The summed E-state index contributed by atoms with van der Waals surface area (Å²) in [6.07, 6.45) is 1.52. The van der Waals surface area contributed by atoms with Crippen molar-refractivity contribution in [2.75, 3.05) is 11.9 Å². The van der Waals surface area contributed by atoms with Gasteiger partial charge in [0.2, 0.25) is 0 Å². The number of barbiturate groups is 1. The standard InChI is InChI=1S/C24H19Cl2N3O3/c1-14-11-16(15(2)28(14)21-10-9-17(25)13-20(21)26)12-19-22(30)27(3)24(32)29(23(19)31)18-7-5-4-6-8-18/h4-13H,1-3H3/b19-12+. The maximum Gasteiger partial charge on any atom is 0.338 e. The summed E-state index contributed by atoms with van der Waals surface area (Å²) in [5, 5.41) is 1.000. The van der Waals surface area contributed by atoms with Gasteiger partial charge >= 0.3 is 6.03 Å². The molecule has 2 aromatic carbocycles. The predicted molar refractivity (Wildman–Crippen MR) is 125 cm³/mol. The fraction of sp³-hybridized carbons (Fsp3) is 0.125. The molecule has 3 aromatic rings. The highest BCUT2D eigenvalue weighted by atomic mass is 35.5. The average molecular weight is 468 g/mol. The van der Waals surface area contributed by atoms with Crippen LogP contribution in [-0.4, -0.2) is 34.4 Å². The summed E-state index contributed by atoms with van der Waals surface area (Å²) in [4.78, 5) is 40.7. The Balaban J connectivity index is 1.82. The van der Waals surface area contributed by atoms with Crippen molar-refractivity contribution in [3.8, 4) is 5.69 Å². The third-order valence-corrected chi connectivity index (χ3v) is 5.92. The number of aromatic nitrogens is 1.